The molecule has 1 aliphatic rings. The Kier molecular flexibility index (Phi) is 2.78. The fourth-order valence-electron chi connectivity index (χ4n) is 1.46. The van der Waals surface area contributed by atoms with Crippen molar-refractivity contribution in [2.75, 3.05) is 6.61 Å². The number of carbonyl (C=O) groups excluding carboxylic acids is 1. The first kappa shape index (κ1) is 9.21. The average molecular weight is 195 g/mol. The highest BCUT2D eigenvalue weighted by Gasteiger charge is 2.22. The Bertz CT molecular complexity index is 291. The highest BCUT2D eigenvalue weighted by Crippen LogP contribution is 2.11. The average Bonchev–Trinajstić information content (AvgIpc) is 2.87. The minimum absolute atomic E-state index is 0.0427. The smallest absolute Gasteiger partial charge is 0.249 e. The van der Waals surface area contributed by atoms with Crippen molar-refractivity contribution in [3.63, 3.8) is 0 Å². The quantitative estimate of drug-likeness (QED) is 0.724. The number of imidazole rings is 1. The van der Waals surface area contributed by atoms with E-state index in [1.54, 1.807) is 12.4 Å². The molecular formula is C9H13N3O2. The van der Waals surface area contributed by atoms with Crippen molar-refractivity contribution >= 4 is 5.91 Å². The third-order valence-corrected chi connectivity index (χ3v) is 2.21. The second kappa shape index (κ2) is 4.23. The van der Waals surface area contributed by atoms with E-state index in [0.29, 0.717) is 13.2 Å². The second-order valence-corrected chi connectivity index (χ2v) is 3.26. The molecule has 5 heteroatoms. The van der Waals surface area contributed by atoms with Crippen LogP contribution < -0.4 is 5.32 Å². The first-order valence-corrected chi connectivity index (χ1v) is 4.74. The fraction of sp³-hybridized carbons (Fsp3) is 0.556. The van der Waals surface area contributed by atoms with Crippen LogP contribution in [-0.2, 0) is 16.1 Å². The molecule has 0 radical (unpaired) electrons. The first-order valence-electron chi connectivity index (χ1n) is 4.74. The largest absolute Gasteiger partial charge is 0.368 e. The number of amides is 1. The van der Waals surface area contributed by atoms with Crippen molar-refractivity contribution in [2.45, 2.75) is 25.5 Å². The molecule has 1 amide bonds. The van der Waals surface area contributed by atoms with Gasteiger partial charge in [-0.1, -0.05) is 0 Å². The summed E-state index contributed by atoms with van der Waals surface area (Å²) in [6.07, 6.45) is 4.93. The molecule has 1 aromatic rings. The van der Waals surface area contributed by atoms with E-state index in [9.17, 15) is 4.79 Å². The molecule has 0 saturated carbocycles. The van der Waals surface area contributed by atoms with Crippen molar-refractivity contribution in [1.82, 2.24) is 15.3 Å². The van der Waals surface area contributed by atoms with Gasteiger partial charge in [0.1, 0.15) is 11.9 Å². The summed E-state index contributed by atoms with van der Waals surface area (Å²) in [5.41, 5.74) is 0. The predicted molar refractivity (Wildman–Crippen MR) is 49.4 cm³/mol. The van der Waals surface area contributed by atoms with Crippen molar-refractivity contribution in [2.24, 2.45) is 0 Å². The standard InChI is InChI=1S/C9H13N3O2/c13-9(7-2-1-5-14-7)12-6-8-10-3-4-11-8/h3-4,7H,1-2,5-6H2,(H,10,11)(H,12,13)/t7-/m0/s1. The van der Waals surface area contributed by atoms with Crippen LogP contribution in [-0.4, -0.2) is 28.6 Å². The lowest BCUT2D eigenvalue weighted by Gasteiger charge is -2.08. The summed E-state index contributed by atoms with van der Waals surface area (Å²) < 4.78 is 5.24. The van der Waals surface area contributed by atoms with E-state index in [-0.39, 0.29) is 12.0 Å². The summed E-state index contributed by atoms with van der Waals surface area (Å²) in [5, 5.41) is 2.77. The molecule has 2 heterocycles. The maximum atomic E-state index is 11.5. The lowest BCUT2D eigenvalue weighted by Crippen LogP contribution is -2.33. The Labute approximate surface area is 81.9 Å². The third kappa shape index (κ3) is 2.11. The topological polar surface area (TPSA) is 67.0 Å². The second-order valence-electron chi connectivity index (χ2n) is 3.26. The zero-order valence-electron chi connectivity index (χ0n) is 7.82. The highest BCUT2D eigenvalue weighted by atomic mass is 16.5. The number of H-pyrrole nitrogens is 1. The number of carbonyl (C=O) groups is 1. The van der Waals surface area contributed by atoms with Gasteiger partial charge in [0.05, 0.1) is 6.54 Å². The summed E-state index contributed by atoms with van der Waals surface area (Å²) in [6, 6.07) is 0. The summed E-state index contributed by atoms with van der Waals surface area (Å²) in [6.45, 7) is 1.13. The molecule has 0 aliphatic carbocycles. The number of hydrogen-bond acceptors (Lipinski definition) is 3. The third-order valence-electron chi connectivity index (χ3n) is 2.21. The maximum absolute atomic E-state index is 11.5. The molecule has 14 heavy (non-hydrogen) atoms. The predicted octanol–water partition coefficient (Wildman–Crippen LogP) is 0.205. The maximum Gasteiger partial charge on any atom is 0.249 e. The summed E-state index contributed by atoms with van der Waals surface area (Å²) in [4.78, 5) is 18.4. The number of aromatic amines is 1. The normalized spacial score (nSPS) is 21.0. The summed E-state index contributed by atoms with van der Waals surface area (Å²) in [7, 11) is 0. The molecule has 1 saturated heterocycles. The number of aromatic nitrogens is 2. The molecule has 76 valence electrons. The zero-order valence-corrected chi connectivity index (χ0v) is 7.82. The van der Waals surface area contributed by atoms with Gasteiger partial charge in [-0.05, 0) is 12.8 Å². The molecule has 0 spiro atoms. The van der Waals surface area contributed by atoms with Crippen LogP contribution in [0.4, 0.5) is 0 Å². The van der Waals surface area contributed by atoms with Gasteiger partial charge < -0.3 is 15.0 Å². The van der Waals surface area contributed by atoms with Crippen LogP contribution in [0.25, 0.3) is 0 Å². The van der Waals surface area contributed by atoms with Crippen molar-refractivity contribution in [1.29, 1.82) is 0 Å². The number of nitrogens with one attached hydrogen (secondary N) is 2. The van der Waals surface area contributed by atoms with Crippen molar-refractivity contribution in [3.05, 3.63) is 18.2 Å². The number of nitrogens with zero attached hydrogens (tertiary/aromatic N) is 1. The molecular weight excluding hydrogens is 182 g/mol. The molecule has 5 nitrogen and oxygen atoms in total. The molecule has 2 rings (SSSR count). The Hall–Kier alpha value is -1.36. The summed E-state index contributed by atoms with van der Waals surface area (Å²) >= 11 is 0. The lowest BCUT2D eigenvalue weighted by atomic mass is 10.2. The van der Waals surface area contributed by atoms with Gasteiger partial charge in [-0.3, -0.25) is 4.79 Å². The van der Waals surface area contributed by atoms with E-state index in [1.165, 1.54) is 0 Å². The van der Waals surface area contributed by atoms with E-state index in [2.05, 4.69) is 15.3 Å². The van der Waals surface area contributed by atoms with Gasteiger partial charge in [0.25, 0.3) is 0 Å². The minimum atomic E-state index is -0.259. The first-order chi connectivity index (χ1) is 6.86. The van der Waals surface area contributed by atoms with Crippen LogP contribution in [0.3, 0.4) is 0 Å². The zero-order chi connectivity index (χ0) is 9.80. The van der Waals surface area contributed by atoms with E-state index in [0.717, 1.165) is 18.7 Å². The van der Waals surface area contributed by atoms with Crippen LogP contribution in [0.5, 0.6) is 0 Å². The van der Waals surface area contributed by atoms with Crippen LogP contribution in [0, 0.1) is 0 Å². The van der Waals surface area contributed by atoms with Gasteiger partial charge in [0.2, 0.25) is 5.91 Å². The van der Waals surface area contributed by atoms with E-state index < -0.39 is 0 Å². The molecule has 0 aromatic carbocycles. The van der Waals surface area contributed by atoms with Crippen LogP contribution >= 0.6 is 0 Å². The Balaban J connectivity index is 1.77. The van der Waals surface area contributed by atoms with Crippen LogP contribution in [0.2, 0.25) is 0 Å². The monoisotopic (exact) mass is 195 g/mol. The van der Waals surface area contributed by atoms with Gasteiger partial charge in [-0.2, -0.15) is 0 Å². The van der Waals surface area contributed by atoms with Gasteiger partial charge in [-0.25, -0.2) is 4.98 Å². The highest BCUT2D eigenvalue weighted by molar-refractivity contribution is 5.80. The number of rotatable bonds is 3. The number of ether oxygens (including phenoxy) is 1. The number of hydrogen-bond donors (Lipinski definition) is 2. The molecule has 1 fully saturated rings. The molecule has 1 atom stereocenters. The van der Waals surface area contributed by atoms with E-state index in [1.807, 2.05) is 0 Å². The van der Waals surface area contributed by atoms with Gasteiger partial charge in [-0.15, -0.1) is 0 Å². The van der Waals surface area contributed by atoms with E-state index in [4.69, 9.17) is 4.74 Å². The Morgan fingerprint density at radius 2 is 2.71 bits per heavy atom. The van der Waals surface area contributed by atoms with E-state index >= 15 is 0 Å². The van der Waals surface area contributed by atoms with Crippen LogP contribution in [0.1, 0.15) is 18.7 Å². The van der Waals surface area contributed by atoms with Crippen LogP contribution in [0.15, 0.2) is 12.4 Å². The van der Waals surface area contributed by atoms with Crippen molar-refractivity contribution in [3.8, 4) is 0 Å². The fourth-order valence-corrected chi connectivity index (χ4v) is 1.46. The molecule has 1 aromatic heterocycles. The van der Waals surface area contributed by atoms with Gasteiger partial charge in [0.15, 0.2) is 0 Å². The molecule has 0 bridgehead atoms. The van der Waals surface area contributed by atoms with Gasteiger partial charge in [0, 0.05) is 19.0 Å². The van der Waals surface area contributed by atoms with Gasteiger partial charge >= 0.3 is 0 Å². The minimum Gasteiger partial charge on any atom is -0.368 e. The molecule has 1 aliphatic heterocycles. The molecule has 0 unspecified atom stereocenters. The molecule has 2 N–H and O–H groups in total. The Morgan fingerprint density at radius 3 is 3.36 bits per heavy atom. The Morgan fingerprint density at radius 1 is 1.79 bits per heavy atom. The SMILES string of the molecule is O=C(NCc1ncc[nH]1)[C@@H]1CCCO1. The lowest BCUT2D eigenvalue weighted by molar-refractivity contribution is -0.130. The summed E-state index contributed by atoms with van der Waals surface area (Å²) in [5.74, 6) is 0.718. The van der Waals surface area contributed by atoms with Crippen molar-refractivity contribution < 1.29 is 9.53 Å².